The zero-order valence-corrected chi connectivity index (χ0v) is 19.9. The van der Waals surface area contributed by atoms with Crippen molar-refractivity contribution >= 4 is 35.0 Å². The number of halogens is 3. The van der Waals surface area contributed by atoms with Gasteiger partial charge in [-0.1, -0.05) is 30.5 Å². The largest absolute Gasteiger partial charge is 0.573 e. The molecule has 7 nitrogen and oxygen atoms in total. The van der Waals surface area contributed by atoms with E-state index in [2.05, 4.69) is 26.3 Å². The minimum absolute atomic E-state index is 0.304. The van der Waals surface area contributed by atoms with Crippen LogP contribution in [-0.4, -0.2) is 43.7 Å². The highest BCUT2D eigenvalue weighted by atomic mass is 32.2. The van der Waals surface area contributed by atoms with E-state index in [1.54, 1.807) is 37.3 Å². The van der Waals surface area contributed by atoms with Crippen LogP contribution in [0.1, 0.15) is 19.5 Å². The Morgan fingerprint density at radius 2 is 1.85 bits per heavy atom. The molecule has 0 aliphatic heterocycles. The number of aromatic nitrogens is 3. The lowest BCUT2D eigenvalue weighted by Crippen LogP contribution is -2.26. The first-order chi connectivity index (χ1) is 16.0. The molecule has 0 bridgehead atoms. The van der Waals surface area contributed by atoms with Gasteiger partial charge in [0.1, 0.15) is 10.5 Å². The van der Waals surface area contributed by atoms with Crippen LogP contribution < -0.4 is 9.64 Å². The summed E-state index contributed by atoms with van der Waals surface area (Å²) >= 11 is 2.59. The lowest BCUT2D eigenvalue weighted by Gasteiger charge is -2.17. The highest BCUT2D eigenvalue weighted by Crippen LogP contribution is 2.34. The molecule has 1 N–H and O–H groups in total. The summed E-state index contributed by atoms with van der Waals surface area (Å²) in [5.41, 5.74) is 2.09. The zero-order valence-electron chi connectivity index (χ0n) is 18.2. The molecular weight excluding hydrogens is 489 g/mol. The second-order valence-electron chi connectivity index (χ2n) is 7.49. The second kappa shape index (κ2) is 10.4. The quantitative estimate of drug-likeness (QED) is 0.350. The molecule has 3 aromatic rings. The van der Waals surface area contributed by atoms with E-state index in [0.717, 1.165) is 5.69 Å². The van der Waals surface area contributed by atoms with Crippen molar-refractivity contribution in [1.82, 2.24) is 15.0 Å². The SMILES string of the molecule is C=CN(CCc1csc(SC(C)(C)C(=O)O)n1)c1ncc(-c2ccc(OC(F)(F)F)cc2)cn1. The predicted octanol–water partition coefficient (Wildman–Crippen LogP) is 5.65. The maximum atomic E-state index is 12.3. The van der Waals surface area contributed by atoms with Gasteiger partial charge in [0.05, 0.1) is 5.69 Å². The van der Waals surface area contributed by atoms with Crippen molar-refractivity contribution in [3.8, 4) is 16.9 Å². The molecule has 0 amide bonds. The van der Waals surface area contributed by atoms with Crippen LogP contribution in [0, 0.1) is 0 Å². The number of thiazole rings is 1. The minimum atomic E-state index is -4.74. The Morgan fingerprint density at radius 1 is 1.21 bits per heavy atom. The maximum absolute atomic E-state index is 12.3. The van der Waals surface area contributed by atoms with Crippen molar-refractivity contribution in [2.75, 3.05) is 11.4 Å². The number of carbonyl (C=O) groups is 1. The summed E-state index contributed by atoms with van der Waals surface area (Å²) in [7, 11) is 0. The average molecular weight is 511 g/mol. The highest BCUT2D eigenvalue weighted by molar-refractivity contribution is 8.02. The second-order valence-corrected chi connectivity index (χ2v) is 10.2. The Balaban J connectivity index is 1.61. The van der Waals surface area contributed by atoms with E-state index in [0.29, 0.717) is 34.4 Å². The molecule has 0 saturated carbocycles. The normalized spacial score (nSPS) is 11.8. The summed E-state index contributed by atoms with van der Waals surface area (Å²) in [6, 6.07) is 5.44. The van der Waals surface area contributed by atoms with Crippen molar-refractivity contribution in [3.63, 3.8) is 0 Å². The summed E-state index contributed by atoms with van der Waals surface area (Å²) in [5, 5.41) is 11.2. The number of carboxylic acid groups (broad SMARTS) is 1. The van der Waals surface area contributed by atoms with E-state index in [9.17, 15) is 23.1 Å². The van der Waals surface area contributed by atoms with Gasteiger partial charge in [0.15, 0.2) is 4.34 Å². The van der Waals surface area contributed by atoms with Crippen molar-refractivity contribution in [2.45, 2.75) is 35.7 Å². The van der Waals surface area contributed by atoms with Crippen molar-refractivity contribution < 1.29 is 27.8 Å². The molecule has 0 aliphatic carbocycles. The fourth-order valence-electron chi connectivity index (χ4n) is 2.69. The summed E-state index contributed by atoms with van der Waals surface area (Å²) in [5.74, 6) is -0.799. The number of ether oxygens (including phenoxy) is 1. The third kappa shape index (κ3) is 6.94. The molecule has 12 heteroatoms. The first-order valence-corrected chi connectivity index (χ1v) is 11.6. The van der Waals surface area contributed by atoms with Gasteiger partial charge in [-0.3, -0.25) is 4.79 Å². The number of aliphatic carboxylic acids is 1. The van der Waals surface area contributed by atoms with E-state index in [-0.39, 0.29) is 5.75 Å². The van der Waals surface area contributed by atoms with Gasteiger partial charge in [-0.15, -0.1) is 24.5 Å². The molecule has 0 unspecified atom stereocenters. The molecule has 0 atom stereocenters. The molecule has 0 radical (unpaired) electrons. The summed E-state index contributed by atoms with van der Waals surface area (Å²) < 4.78 is 40.5. The van der Waals surface area contributed by atoms with Gasteiger partial charge in [0.25, 0.3) is 0 Å². The van der Waals surface area contributed by atoms with Gasteiger partial charge >= 0.3 is 12.3 Å². The van der Waals surface area contributed by atoms with Crippen LogP contribution in [0.15, 0.2) is 59.2 Å². The van der Waals surface area contributed by atoms with Crippen LogP contribution in [-0.2, 0) is 11.2 Å². The van der Waals surface area contributed by atoms with Crippen LogP contribution in [0.2, 0.25) is 0 Å². The number of hydrogen-bond acceptors (Lipinski definition) is 8. The molecule has 0 fully saturated rings. The molecule has 1 aromatic carbocycles. The van der Waals surface area contributed by atoms with E-state index < -0.39 is 17.1 Å². The van der Waals surface area contributed by atoms with Crippen LogP contribution in [0.25, 0.3) is 11.1 Å². The first kappa shape index (κ1) is 25.5. The number of alkyl halides is 3. The maximum Gasteiger partial charge on any atom is 0.573 e. The number of anilines is 1. The van der Waals surface area contributed by atoms with Crippen LogP contribution >= 0.6 is 23.1 Å². The number of carboxylic acids is 1. The molecular formula is C22H21F3N4O3S2. The van der Waals surface area contributed by atoms with Crippen LogP contribution in [0.3, 0.4) is 0 Å². The van der Waals surface area contributed by atoms with E-state index in [1.807, 2.05) is 5.38 Å². The Bertz CT molecular complexity index is 1130. The van der Waals surface area contributed by atoms with Gasteiger partial charge in [0, 0.05) is 36.3 Å². The monoisotopic (exact) mass is 510 g/mol. The summed E-state index contributed by atoms with van der Waals surface area (Å²) in [4.78, 5) is 26.2. The van der Waals surface area contributed by atoms with Gasteiger partial charge in [-0.25, -0.2) is 15.0 Å². The Kier molecular flexibility index (Phi) is 7.82. The lowest BCUT2D eigenvalue weighted by atomic mass is 10.1. The fourth-order valence-corrected chi connectivity index (χ4v) is 4.91. The Hall–Kier alpha value is -3.12. The smallest absolute Gasteiger partial charge is 0.480 e. The molecule has 2 heterocycles. The molecule has 0 saturated heterocycles. The summed E-state index contributed by atoms with van der Waals surface area (Å²) in [6.45, 7) is 7.56. The fraction of sp³-hybridized carbons (Fsp3) is 0.273. The number of benzene rings is 1. The molecule has 34 heavy (non-hydrogen) atoms. The topological polar surface area (TPSA) is 88.4 Å². The first-order valence-electron chi connectivity index (χ1n) is 9.91. The van der Waals surface area contributed by atoms with Crippen molar-refractivity contribution in [2.24, 2.45) is 0 Å². The van der Waals surface area contributed by atoms with E-state index in [4.69, 9.17) is 0 Å². The highest BCUT2D eigenvalue weighted by Gasteiger charge is 2.31. The molecule has 0 aliphatic rings. The summed E-state index contributed by atoms with van der Waals surface area (Å²) in [6.07, 6.45) is 0.568. The van der Waals surface area contributed by atoms with Crippen LogP contribution in [0.4, 0.5) is 19.1 Å². The molecule has 3 rings (SSSR count). The zero-order chi connectivity index (χ0) is 24.9. The number of nitrogens with zero attached hydrogens (tertiary/aromatic N) is 4. The number of hydrogen-bond donors (Lipinski definition) is 1. The third-order valence-electron chi connectivity index (χ3n) is 4.53. The van der Waals surface area contributed by atoms with Crippen molar-refractivity contribution in [3.05, 3.63) is 60.5 Å². The van der Waals surface area contributed by atoms with Gasteiger partial charge in [0.2, 0.25) is 5.95 Å². The van der Waals surface area contributed by atoms with Crippen LogP contribution in [0.5, 0.6) is 5.75 Å². The standard InChI is InChI=1S/C22H21F3N4O3S2/c1-4-29(10-9-16-13-33-20(28-16)34-21(2,3)18(30)31)19-26-11-15(12-27-19)14-5-7-17(8-6-14)32-22(23,24)25/h4-8,11-13H,1,9-10H2,2-3H3,(H,30,31). The van der Waals surface area contributed by atoms with Gasteiger partial charge in [-0.05, 0) is 37.7 Å². The predicted molar refractivity (Wildman–Crippen MR) is 125 cm³/mol. The average Bonchev–Trinajstić information content (AvgIpc) is 3.20. The number of thioether (sulfide) groups is 1. The lowest BCUT2D eigenvalue weighted by molar-refractivity contribution is -0.274. The molecule has 0 spiro atoms. The number of rotatable bonds is 10. The van der Waals surface area contributed by atoms with E-state index in [1.165, 1.54) is 47.4 Å². The Labute approximate surface area is 202 Å². The van der Waals surface area contributed by atoms with Gasteiger partial charge in [-0.2, -0.15) is 0 Å². The van der Waals surface area contributed by atoms with Crippen molar-refractivity contribution in [1.29, 1.82) is 0 Å². The minimum Gasteiger partial charge on any atom is -0.480 e. The Morgan fingerprint density at radius 3 is 2.41 bits per heavy atom. The van der Waals surface area contributed by atoms with E-state index >= 15 is 0 Å². The molecule has 2 aromatic heterocycles. The van der Waals surface area contributed by atoms with Gasteiger partial charge < -0.3 is 14.7 Å². The molecule has 180 valence electrons. The third-order valence-corrected chi connectivity index (χ3v) is 6.71.